The van der Waals surface area contributed by atoms with Gasteiger partial charge in [-0.05, 0) is 38.2 Å². The Labute approximate surface area is 162 Å². The standard InChI is InChI=1S/C19H24N4O3S/c1-12-20-18(17-13-4-2-3-5-14(13)27-19(17)21-12)23-10-8-22(9-11-23)15(24)6-7-16(25)26/h2-11H2,1H3,(H,25,26). The van der Waals surface area contributed by atoms with Crippen molar-refractivity contribution in [1.29, 1.82) is 0 Å². The summed E-state index contributed by atoms with van der Waals surface area (Å²) in [5, 5.41) is 9.98. The van der Waals surface area contributed by atoms with E-state index in [1.54, 1.807) is 4.90 Å². The topological polar surface area (TPSA) is 86.6 Å². The average Bonchev–Trinajstić information content (AvgIpc) is 3.03. The van der Waals surface area contributed by atoms with E-state index in [0.717, 1.165) is 42.4 Å². The number of thiophene rings is 1. The molecule has 144 valence electrons. The van der Waals surface area contributed by atoms with Crippen LogP contribution in [0.15, 0.2) is 0 Å². The molecule has 2 aliphatic rings. The van der Waals surface area contributed by atoms with E-state index in [9.17, 15) is 9.59 Å². The number of aliphatic carboxylic acids is 1. The van der Waals surface area contributed by atoms with Crippen molar-refractivity contribution in [2.75, 3.05) is 31.1 Å². The number of aryl methyl sites for hydroxylation is 3. The third-order valence-electron chi connectivity index (χ3n) is 5.39. The van der Waals surface area contributed by atoms with Gasteiger partial charge in [-0.15, -0.1) is 11.3 Å². The van der Waals surface area contributed by atoms with Crippen molar-refractivity contribution in [1.82, 2.24) is 14.9 Å². The van der Waals surface area contributed by atoms with Crippen LogP contribution in [0.4, 0.5) is 5.82 Å². The number of carboxylic acids is 1. The molecule has 27 heavy (non-hydrogen) atoms. The number of rotatable bonds is 4. The number of carbonyl (C=O) groups is 2. The number of piperazine rings is 1. The molecular formula is C19H24N4O3S. The zero-order chi connectivity index (χ0) is 19.0. The molecular weight excluding hydrogens is 364 g/mol. The highest BCUT2D eigenvalue weighted by Crippen LogP contribution is 2.39. The molecule has 1 amide bonds. The summed E-state index contributed by atoms with van der Waals surface area (Å²) in [6.07, 6.45) is 4.68. The quantitative estimate of drug-likeness (QED) is 0.865. The van der Waals surface area contributed by atoms with E-state index >= 15 is 0 Å². The van der Waals surface area contributed by atoms with Gasteiger partial charge in [-0.1, -0.05) is 0 Å². The minimum atomic E-state index is -0.928. The molecule has 0 bridgehead atoms. The summed E-state index contributed by atoms with van der Waals surface area (Å²) >= 11 is 1.81. The normalized spacial score (nSPS) is 17.2. The first-order valence-electron chi connectivity index (χ1n) is 9.56. The van der Waals surface area contributed by atoms with Crippen molar-refractivity contribution in [3.8, 4) is 0 Å². The molecule has 2 aromatic rings. The monoisotopic (exact) mass is 388 g/mol. The molecule has 0 spiro atoms. The first-order chi connectivity index (χ1) is 13.0. The molecule has 1 fully saturated rings. The van der Waals surface area contributed by atoms with E-state index in [1.165, 1.54) is 28.7 Å². The van der Waals surface area contributed by atoms with Gasteiger partial charge in [0, 0.05) is 37.5 Å². The molecule has 0 atom stereocenters. The second-order valence-electron chi connectivity index (χ2n) is 7.25. The van der Waals surface area contributed by atoms with E-state index < -0.39 is 5.97 Å². The summed E-state index contributed by atoms with van der Waals surface area (Å²) in [7, 11) is 0. The summed E-state index contributed by atoms with van der Waals surface area (Å²) in [6.45, 7) is 4.59. The van der Waals surface area contributed by atoms with E-state index in [-0.39, 0.29) is 18.7 Å². The summed E-state index contributed by atoms with van der Waals surface area (Å²) in [5.41, 5.74) is 1.43. The van der Waals surface area contributed by atoms with Gasteiger partial charge in [0.2, 0.25) is 5.91 Å². The maximum atomic E-state index is 12.2. The lowest BCUT2D eigenvalue weighted by Crippen LogP contribution is -2.49. The predicted octanol–water partition coefficient (Wildman–Crippen LogP) is 2.39. The summed E-state index contributed by atoms with van der Waals surface area (Å²) in [6, 6.07) is 0. The first-order valence-corrected chi connectivity index (χ1v) is 10.4. The summed E-state index contributed by atoms with van der Waals surface area (Å²) < 4.78 is 0. The molecule has 1 saturated heterocycles. The van der Waals surface area contributed by atoms with Gasteiger partial charge in [-0.2, -0.15) is 0 Å². The third kappa shape index (κ3) is 3.63. The fourth-order valence-electron chi connectivity index (χ4n) is 4.01. The number of carbonyl (C=O) groups excluding carboxylic acids is 1. The first kappa shape index (κ1) is 18.2. The molecule has 4 rings (SSSR count). The summed E-state index contributed by atoms with van der Waals surface area (Å²) in [5.74, 6) is 0.794. The van der Waals surface area contributed by atoms with E-state index in [0.29, 0.717) is 13.1 Å². The number of fused-ring (bicyclic) bond motifs is 3. The highest BCUT2D eigenvalue weighted by molar-refractivity contribution is 7.19. The SMILES string of the molecule is Cc1nc(N2CCN(C(=O)CCC(=O)O)CC2)c2c3c(sc2n1)CCCC3. The predicted molar refractivity (Wildman–Crippen MR) is 104 cm³/mol. The number of amides is 1. The Kier molecular flexibility index (Phi) is 4.99. The van der Waals surface area contributed by atoms with E-state index in [2.05, 4.69) is 9.88 Å². The van der Waals surface area contributed by atoms with Gasteiger partial charge in [0.1, 0.15) is 16.5 Å². The van der Waals surface area contributed by atoms with Gasteiger partial charge < -0.3 is 14.9 Å². The van der Waals surface area contributed by atoms with Crippen molar-refractivity contribution in [2.45, 2.75) is 45.4 Å². The Morgan fingerprint density at radius 3 is 2.56 bits per heavy atom. The van der Waals surface area contributed by atoms with Crippen molar-refractivity contribution in [3.05, 3.63) is 16.3 Å². The van der Waals surface area contributed by atoms with Crippen LogP contribution in [0.2, 0.25) is 0 Å². The molecule has 0 saturated carbocycles. The fourth-order valence-corrected chi connectivity index (χ4v) is 5.31. The van der Waals surface area contributed by atoms with Crippen molar-refractivity contribution in [2.24, 2.45) is 0 Å². The minimum absolute atomic E-state index is 0.0736. The molecule has 0 unspecified atom stereocenters. The largest absolute Gasteiger partial charge is 0.481 e. The van der Waals surface area contributed by atoms with Gasteiger partial charge in [0.05, 0.1) is 11.8 Å². The lowest BCUT2D eigenvalue weighted by Gasteiger charge is -2.36. The van der Waals surface area contributed by atoms with E-state index in [1.807, 2.05) is 18.3 Å². The molecule has 8 heteroatoms. The highest BCUT2D eigenvalue weighted by atomic mass is 32.1. The van der Waals surface area contributed by atoms with Crippen LogP contribution >= 0.6 is 11.3 Å². The van der Waals surface area contributed by atoms with Crippen LogP contribution in [-0.2, 0) is 22.4 Å². The van der Waals surface area contributed by atoms with Crippen molar-refractivity contribution in [3.63, 3.8) is 0 Å². The molecule has 1 aliphatic heterocycles. The molecule has 0 aromatic carbocycles. The number of carboxylic acid groups (broad SMARTS) is 1. The Morgan fingerprint density at radius 1 is 1.07 bits per heavy atom. The lowest BCUT2D eigenvalue weighted by atomic mass is 9.97. The minimum Gasteiger partial charge on any atom is -0.481 e. The van der Waals surface area contributed by atoms with Crippen molar-refractivity contribution < 1.29 is 14.7 Å². The number of anilines is 1. The average molecular weight is 388 g/mol. The van der Waals surface area contributed by atoms with E-state index in [4.69, 9.17) is 10.1 Å². The molecule has 0 radical (unpaired) electrons. The maximum absolute atomic E-state index is 12.2. The number of hydrogen-bond donors (Lipinski definition) is 1. The number of nitrogens with zero attached hydrogens (tertiary/aromatic N) is 4. The Bertz CT molecular complexity index is 887. The zero-order valence-electron chi connectivity index (χ0n) is 15.5. The van der Waals surface area contributed by atoms with Crippen molar-refractivity contribution >= 4 is 39.2 Å². The van der Waals surface area contributed by atoms with Gasteiger partial charge in [0.25, 0.3) is 0 Å². The summed E-state index contributed by atoms with van der Waals surface area (Å²) in [4.78, 5) is 38.9. The van der Waals surface area contributed by atoms with Crippen LogP contribution in [0, 0.1) is 6.92 Å². The smallest absolute Gasteiger partial charge is 0.303 e. The third-order valence-corrected chi connectivity index (χ3v) is 6.58. The van der Waals surface area contributed by atoms with Gasteiger partial charge in [0.15, 0.2) is 0 Å². The Morgan fingerprint density at radius 2 is 1.81 bits per heavy atom. The van der Waals surface area contributed by atoms with Gasteiger partial charge in [-0.25, -0.2) is 9.97 Å². The van der Waals surface area contributed by atoms with Gasteiger partial charge in [-0.3, -0.25) is 9.59 Å². The second-order valence-corrected chi connectivity index (χ2v) is 8.33. The number of hydrogen-bond acceptors (Lipinski definition) is 6. The molecule has 2 aromatic heterocycles. The van der Waals surface area contributed by atoms with Crippen LogP contribution in [0.3, 0.4) is 0 Å². The fraction of sp³-hybridized carbons (Fsp3) is 0.579. The Hall–Kier alpha value is -2.22. The highest BCUT2D eigenvalue weighted by Gasteiger charge is 2.27. The maximum Gasteiger partial charge on any atom is 0.303 e. The zero-order valence-corrected chi connectivity index (χ0v) is 16.3. The van der Waals surface area contributed by atoms with Crippen LogP contribution in [-0.4, -0.2) is 58.0 Å². The van der Waals surface area contributed by atoms with Crippen LogP contribution < -0.4 is 4.90 Å². The van der Waals surface area contributed by atoms with Crippen LogP contribution in [0.5, 0.6) is 0 Å². The Balaban J connectivity index is 1.54. The molecule has 1 aliphatic carbocycles. The lowest BCUT2D eigenvalue weighted by molar-refractivity contribution is -0.141. The molecule has 1 N–H and O–H groups in total. The molecule has 7 nitrogen and oxygen atoms in total. The number of aromatic nitrogens is 2. The van der Waals surface area contributed by atoms with Crippen LogP contribution in [0.25, 0.3) is 10.2 Å². The molecule has 3 heterocycles. The van der Waals surface area contributed by atoms with Crippen LogP contribution in [0.1, 0.15) is 41.9 Å². The van der Waals surface area contributed by atoms with Gasteiger partial charge >= 0.3 is 5.97 Å². The second kappa shape index (κ2) is 7.42.